The zero-order valence-corrected chi connectivity index (χ0v) is 18.8. The fourth-order valence-electron chi connectivity index (χ4n) is 3.90. The van der Waals surface area contributed by atoms with E-state index in [1.165, 1.54) is 0 Å². The van der Waals surface area contributed by atoms with E-state index in [1.54, 1.807) is 31.6 Å². The van der Waals surface area contributed by atoms with Crippen molar-refractivity contribution in [1.82, 2.24) is 20.3 Å². The van der Waals surface area contributed by atoms with Gasteiger partial charge in [-0.3, -0.25) is 0 Å². The van der Waals surface area contributed by atoms with Gasteiger partial charge in [-0.1, -0.05) is 0 Å². The van der Waals surface area contributed by atoms with Gasteiger partial charge < -0.3 is 19.5 Å². The average Bonchev–Trinajstić information content (AvgIpc) is 3.40. The van der Waals surface area contributed by atoms with Crippen molar-refractivity contribution in [1.29, 1.82) is 0 Å². The number of benzene rings is 2. The van der Waals surface area contributed by atoms with Gasteiger partial charge in [0.15, 0.2) is 0 Å². The Balaban J connectivity index is 1.49. The van der Waals surface area contributed by atoms with Crippen LogP contribution in [0.15, 0.2) is 30.5 Å². The smallest absolute Gasteiger partial charge is 0.407 e. The zero-order chi connectivity index (χ0) is 22.2. The summed E-state index contributed by atoms with van der Waals surface area (Å²) in [6.07, 6.45) is 1.76. The molecule has 1 atom stereocenters. The van der Waals surface area contributed by atoms with E-state index >= 15 is 0 Å². The van der Waals surface area contributed by atoms with Gasteiger partial charge in [0.05, 0.1) is 47.7 Å². The van der Waals surface area contributed by atoms with E-state index in [9.17, 15) is 4.79 Å². The van der Waals surface area contributed by atoms with E-state index in [2.05, 4.69) is 21.4 Å². The number of rotatable bonds is 5. The first kappa shape index (κ1) is 20.4. The Morgan fingerprint density at radius 2 is 2.16 bits per heavy atom. The highest BCUT2D eigenvalue weighted by Gasteiger charge is 2.27. The van der Waals surface area contributed by atoms with Crippen LogP contribution in [-0.4, -0.2) is 47.4 Å². The molecular weight excluding hydrogens is 428 g/mol. The third kappa shape index (κ3) is 3.69. The second kappa shape index (κ2) is 8.23. The number of alkyl carbamates (subject to hydrolysis) is 1. The molecule has 1 unspecified atom stereocenters. The van der Waals surface area contributed by atoms with Crippen LogP contribution in [0.5, 0.6) is 11.6 Å². The molecule has 1 amide bonds. The number of amides is 1. The fourth-order valence-corrected chi connectivity index (χ4v) is 5.03. The largest absolute Gasteiger partial charge is 0.488 e. The molecule has 8 nitrogen and oxygen atoms in total. The Hall–Kier alpha value is -3.46. The number of ether oxygens (including phenoxy) is 3. The summed E-state index contributed by atoms with van der Waals surface area (Å²) in [4.78, 5) is 25.6. The lowest BCUT2D eigenvalue weighted by Gasteiger charge is -2.11. The number of hydrogen-bond acceptors (Lipinski definition) is 8. The van der Waals surface area contributed by atoms with Gasteiger partial charge in [0.25, 0.3) is 0 Å². The number of carbonyl (C=O) groups is 1. The number of methoxy groups -OCH3 is 1. The first-order chi connectivity index (χ1) is 15.6. The maximum Gasteiger partial charge on any atom is 0.407 e. The van der Waals surface area contributed by atoms with Crippen LogP contribution >= 0.6 is 11.3 Å². The molecule has 0 saturated carbocycles. The predicted molar refractivity (Wildman–Crippen MR) is 123 cm³/mol. The molecule has 9 heteroatoms. The van der Waals surface area contributed by atoms with Crippen LogP contribution in [0.1, 0.15) is 18.1 Å². The first-order valence-corrected chi connectivity index (χ1v) is 11.2. The van der Waals surface area contributed by atoms with Crippen LogP contribution in [0.4, 0.5) is 4.79 Å². The van der Waals surface area contributed by atoms with Crippen LogP contribution < -0.4 is 14.8 Å². The summed E-state index contributed by atoms with van der Waals surface area (Å²) in [5.74, 6) is 1.32. The summed E-state index contributed by atoms with van der Waals surface area (Å²) in [6.45, 7) is 4.54. The van der Waals surface area contributed by atoms with Crippen molar-refractivity contribution in [2.75, 3.05) is 20.3 Å². The van der Waals surface area contributed by atoms with Gasteiger partial charge in [0.2, 0.25) is 5.88 Å². The minimum atomic E-state index is -0.429. The van der Waals surface area contributed by atoms with Crippen molar-refractivity contribution < 1.29 is 19.0 Å². The molecule has 32 heavy (non-hydrogen) atoms. The van der Waals surface area contributed by atoms with Gasteiger partial charge in [-0.25, -0.2) is 19.7 Å². The molecule has 2 aromatic heterocycles. The first-order valence-electron chi connectivity index (χ1n) is 10.4. The van der Waals surface area contributed by atoms with Crippen molar-refractivity contribution in [3.8, 4) is 22.2 Å². The third-order valence-electron chi connectivity index (χ3n) is 5.30. The maximum atomic E-state index is 11.6. The summed E-state index contributed by atoms with van der Waals surface area (Å²) < 4.78 is 17.3. The fraction of sp³-hybridized carbons (Fsp3) is 0.304. The molecule has 0 radical (unpaired) electrons. The van der Waals surface area contributed by atoms with Gasteiger partial charge in [-0.05, 0) is 43.7 Å². The number of aromatic nitrogens is 3. The number of thiazole rings is 1. The highest BCUT2D eigenvalue weighted by Crippen LogP contribution is 2.41. The Kier molecular flexibility index (Phi) is 5.26. The van der Waals surface area contributed by atoms with E-state index in [1.807, 2.05) is 25.1 Å². The third-order valence-corrected chi connectivity index (χ3v) is 6.47. The molecule has 0 saturated heterocycles. The topological polar surface area (TPSA) is 95.5 Å². The van der Waals surface area contributed by atoms with Crippen molar-refractivity contribution in [2.24, 2.45) is 0 Å². The second-order valence-corrected chi connectivity index (χ2v) is 8.55. The number of aryl methyl sites for hydroxylation is 1. The molecule has 164 valence electrons. The lowest BCUT2D eigenvalue weighted by molar-refractivity contribution is 0.144. The molecule has 4 aromatic rings. The molecular formula is C23H22N4O4S. The second-order valence-electron chi connectivity index (χ2n) is 7.55. The molecule has 1 aliphatic rings. The number of nitrogens with one attached hydrogen (secondary N) is 1. The van der Waals surface area contributed by atoms with E-state index < -0.39 is 6.09 Å². The van der Waals surface area contributed by atoms with Crippen LogP contribution in [0.25, 0.3) is 31.8 Å². The SMILES string of the molecule is CCOC(=O)NCC1Cc2c(ccc3nc(-c4cc(C)cc5nc(OC)cnc45)sc23)O1. The lowest BCUT2D eigenvalue weighted by atomic mass is 10.1. The molecule has 0 aliphatic carbocycles. The standard InChI is InChI=1S/C23H22N4O4S/c1-4-30-23(28)25-10-13-9-14-18(31-13)6-5-16-21(14)32-22(27-16)15-7-12(2)8-17-20(15)24-11-19(26-17)29-3/h5-8,11,13H,4,9-10H2,1-3H3,(H,25,28). The molecule has 3 heterocycles. The quantitative estimate of drug-likeness (QED) is 0.485. The molecule has 0 spiro atoms. The molecule has 2 aromatic carbocycles. The van der Waals surface area contributed by atoms with Crippen molar-refractivity contribution in [2.45, 2.75) is 26.4 Å². The number of nitrogens with zero attached hydrogens (tertiary/aromatic N) is 3. The molecule has 0 fully saturated rings. The summed E-state index contributed by atoms with van der Waals surface area (Å²) in [5, 5.41) is 3.64. The monoisotopic (exact) mass is 450 g/mol. The van der Waals surface area contributed by atoms with Crippen LogP contribution in [0.2, 0.25) is 0 Å². The van der Waals surface area contributed by atoms with Crippen LogP contribution in [-0.2, 0) is 11.2 Å². The predicted octanol–water partition coefficient (Wildman–Crippen LogP) is 4.27. The molecule has 1 aliphatic heterocycles. The van der Waals surface area contributed by atoms with Crippen LogP contribution in [0, 0.1) is 6.92 Å². The Labute approximate surface area is 188 Å². The molecule has 5 rings (SSSR count). The van der Waals surface area contributed by atoms with E-state index in [-0.39, 0.29) is 6.10 Å². The van der Waals surface area contributed by atoms with E-state index in [0.29, 0.717) is 25.5 Å². The molecule has 0 bridgehead atoms. The summed E-state index contributed by atoms with van der Waals surface area (Å²) in [7, 11) is 1.58. The minimum absolute atomic E-state index is 0.135. The Morgan fingerprint density at radius 3 is 2.97 bits per heavy atom. The van der Waals surface area contributed by atoms with Gasteiger partial charge in [-0.15, -0.1) is 11.3 Å². The highest BCUT2D eigenvalue weighted by atomic mass is 32.1. The van der Waals surface area contributed by atoms with Gasteiger partial charge in [0.1, 0.15) is 16.9 Å². The van der Waals surface area contributed by atoms with Crippen molar-refractivity contribution in [3.05, 3.63) is 41.6 Å². The average molecular weight is 451 g/mol. The van der Waals surface area contributed by atoms with Crippen molar-refractivity contribution in [3.63, 3.8) is 0 Å². The van der Waals surface area contributed by atoms with Crippen molar-refractivity contribution >= 4 is 38.7 Å². The summed E-state index contributed by atoms with van der Waals surface area (Å²) in [6, 6.07) is 8.00. The molecule has 1 N–H and O–H groups in total. The Morgan fingerprint density at radius 1 is 1.28 bits per heavy atom. The van der Waals surface area contributed by atoms with Crippen LogP contribution in [0.3, 0.4) is 0 Å². The van der Waals surface area contributed by atoms with E-state index in [0.717, 1.165) is 48.7 Å². The van der Waals surface area contributed by atoms with Gasteiger partial charge in [0, 0.05) is 17.5 Å². The number of fused-ring (bicyclic) bond motifs is 4. The van der Waals surface area contributed by atoms with Gasteiger partial charge in [-0.2, -0.15) is 0 Å². The van der Waals surface area contributed by atoms with E-state index in [4.69, 9.17) is 19.2 Å². The minimum Gasteiger partial charge on any atom is -0.488 e. The maximum absolute atomic E-state index is 11.6. The highest BCUT2D eigenvalue weighted by molar-refractivity contribution is 7.22. The zero-order valence-electron chi connectivity index (χ0n) is 18.0. The lowest BCUT2D eigenvalue weighted by Crippen LogP contribution is -2.34. The summed E-state index contributed by atoms with van der Waals surface area (Å²) in [5.41, 5.74) is 5.63. The summed E-state index contributed by atoms with van der Waals surface area (Å²) >= 11 is 1.62. The number of hydrogen-bond donors (Lipinski definition) is 1. The normalized spacial score (nSPS) is 14.9. The Bertz CT molecular complexity index is 1340. The van der Waals surface area contributed by atoms with Gasteiger partial charge >= 0.3 is 6.09 Å². The number of carbonyl (C=O) groups excluding carboxylic acids is 1.